The fourth-order valence-electron chi connectivity index (χ4n) is 1.65. The summed E-state index contributed by atoms with van der Waals surface area (Å²) in [5, 5.41) is 6.77. The van der Waals surface area contributed by atoms with E-state index in [0.29, 0.717) is 18.0 Å². The molecular weight excluding hydrogens is 256 g/mol. The van der Waals surface area contributed by atoms with Crippen molar-refractivity contribution in [3.63, 3.8) is 0 Å². The van der Waals surface area contributed by atoms with Gasteiger partial charge in [-0.05, 0) is 19.4 Å². The molecule has 0 fully saturated rings. The number of ether oxygens (including phenoxy) is 1. The smallest absolute Gasteiger partial charge is 0.254 e. The van der Waals surface area contributed by atoms with Crippen LogP contribution in [-0.2, 0) is 13.6 Å². The summed E-state index contributed by atoms with van der Waals surface area (Å²) in [6.07, 6.45) is 5.00. The maximum absolute atomic E-state index is 11.8. The number of amides is 1. The van der Waals surface area contributed by atoms with Crippen LogP contribution in [0.4, 0.5) is 0 Å². The Morgan fingerprint density at radius 3 is 2.75 bits per heavy atom. The Morgan fingerprint density at radius 1 is 1.40 bits per heavy atom. The summed E-state index contributed by atoms with van der Waals surface area (Å²) in [6.45, 7) is 4.32. The van der Waals surface area contributed by atoms with Crippen LogP contribution in [0.2, 0.25) is 0 Å². The molecule has 0 atom stereocenters. The second kappa shape index (κ2) is 6.18. The van der Waals surface area contributed by atoms with Crippen LogP contribution < -0.4 is 10.1 Å². The van der Waals surface area contributed by atoms with Crippen molar-refractivity contribution in [3.05, 3.63) is 41.9 Å². The molecule has 0 unspecified atom stereocenters. The van der Waals surface area contributed by atoms with Crippen LogP contribution in [0, 0.1) is 0 Å². The highest BCUT2D eigenvalue weighted by Crippen LogP contribution is 2.09. The molecule has 2 rings (SSSR count). The molecule has 1 N–H and O–H groups in total. The number of rotatable bonds is 5. The van der Waals surface area contributed by atoms with Gasteiger partial charge in [0.05, 0.1) is 17.9 Å². The predicted octanol–water partition coefficient (Wildman–Crippen LogP) is 1.53. The van der Waals surface area contributed by atoms with E-state index in [-0.39, 0.29) is 12.0 Å². The van der Waals surface area contributed by atoms with Gasteiger partial charge in [0.2, 0.25) is 5.88 Å². The minimum absolute atomic E-state index is 0.0960. The van der Waals surface area contributed by atoms with Gasteiger partial charge in [0.15, 0.2) is 0 Å². The van der Waals surface area contributed by atoms with Gasteiger partial charge in [0, 0.05) is 32.1 Å². The van der Waals surface area contributed by atoms with E-state index in [9.17, 15) is 4.79 Å². The third-order valence-corrected chi connectivity index (χ3v) is 2.57. The van der Waals surface area contributed by atoms with E-state index >= 15 is 0 Å². The molecule has 1 amide bonds. The lowest BCUT2D eigenvalue weighted by Crippen LogP contribution is -2.22. The lowest BCUT2D eigenvalue weighted by Gasteiger charge is -2.09. The molecule has 0 saturated heterocycles. The molecule has 2 aromatic rings. The standard InChI is InChI=1S/C14H18N4O2/c1-10(2)20-13-5-4-11(6-15-13)7-16-14(19)12-8-17-18(3)9-12/h4-6,8-10H,7H2,1-3H3,(H,16,19). The van der Waals surface area contributed by atoms with Crippen LogP contribution in [0.3, 0.4) is 0 Å². The number of pyridine rings is 1. The van der Waals surface area contributed by atoms with Crippen molar-refractivity contribution in [1.29, 1.82) is 0 Å². The number of nitrogens with one attached hydrogen (secondary N) is 1. The molecule has 6 heteroatoms. The molecule has 0 saturated carbocycles. The average molecular weight is 274 g/mol. The maximum Gasteiger partial charge on any atom is 0.254 e. The Labute approximate surface area is 117 Å². The molecule has 106 valence electrons. The van der Waals surface area contributed by atoms with Crippen molar-refractivity contribution in [3.8, 4) is 5.88 Å². The largest absolute Gasteiger partial charge is 0.475 e. The van der Waals surface area contributed by atoms with Crippen LogP contribution in [0.15, 0.2) is 30.7 Å². The number of aromatic nitrogens is 3. The van der Waals surface area contributed by atoms with Gasteiger partial charge in [-0.25, -0.2) is 4.98 Å². The molecule has 6 nitrogen and oxygen atoms in total. The lowest BCUT2D eigenvalue weighted by molar-refractivity contribution is 0.0951. The first kappa shape index (κ1) is 14.0. The topological polar surface area (TPSA) is 69.0 Å². The summed E-state index contributed by atoms with van der Waals surface area (Å²) in [5.41, 5.74) is 1.46. The van der Waals surface area contributed by atoms with Crippen LogP contribution in [0.5, 0.6) is 5.88 Å². The van der Waals surface area contributed by atoms with E-state index in [1.54, 1.807) is 30.2 Å². The monoisotopic (exact) mass is 274 g/mol. The Bertz CT molecular complexity index is 575. The fraction of sp³-hybridized carbons (Fsp3) is 0.357. The highest BCUT2D eigenvalue weighted by Gasteiger charge is 2.07. The van der Waals surface area contributed by atoms with Gasteiger partial charge in [-0.15, -0.1) is 0 Å². The molecule has 0 aromatic carbocycles. The first-order valence-electron chi connectivity index (χ1n) is 6.43. The Balaban J connectivity index is 1.89. The van der Waals surface area contributed by atoms with Crippen molar-refractivity contribution in [2.45, 2.75) is 26.5 Å². The van der Waals surface area contributed by atoms with Crippen molar-refractivity contribution in [2.75, 3.05) is 0 Å². The van der Waals surface area contributed by atoms with E-state index in [4.69, 9.17) is 4.74 Å². The van der Waals surface area contributed by atoms with E-state index in [2.05, 4.69) is 15.4 Å². The zero-order chi connectivity index (χ0) is 14.5. The summed E-state index contributed by atoms with van der Waals surface area (Å²) in [7, 11) is 1.77. The van der Waals surface area contributed by atoms with Crippen molar-refractivity contribution in [1.82, 2.24) is 20.1 Å². The number of carbonyl (C=O) groups excluding carboxylic acids is 1. The van der Waals surface area contributed by atoms with Gasteiger partial charge in [0.1, 0.15) is 0 Å². The fourth-order valence-corrected chi connectivity index (χ4v) is 1.65. The predicted molar refractivity (Wildman–Crippen MR) is 74.4 cm³/mol. The summed E-state index contributed by atoms with van der Waals surface area (Å²) >= 11 is 0. The molecule has 0 radical (unpaired) electrons. The highest BCUT2D eigenvalue weighted by molar-refractivity contribution is 5.93. The third-order valence-electron chi connectivity index (χ3n) is 2.57. The Kier molecular flexibility index (Phi) is 4.34. The zero-order valence-corrected chi connectivity index (χ0v) is 11.8. The van der Waals surface area contributed by atoms with Crippen LogP contribution in [0.25, 0.3) is 0 Å². The Morgan fingerprint density at radius 2 is 2.20 bits per heavy atom. The third kappa shape index (κ3) is 3.81. The quantitative estimate of drug-likeness (QED) is 0.897. The van der Waals surface area contributed by atoms with Crippen LogP contribution in [0.1, 0.15) is 29.8 Å². The molecule has 2 heterocycles. The van der Waals surface area contributed by atoms with Crippen molar-refractivity contribution in [2.24, 2.45) is 7.05 Å². The van der Waals surface area contributed by atoms with E-state index in [1.165, 1.54) is 6.20 Å². The van der Waals surface area contributed by atoms with E-state index in [1.807, 2.05) is 19.9 Å². The van der Waals surface area contributed by atoms with Gasteiger partial charge in [0.25, 0.3) is 5.91 Å². The number of aryl methyl sites for hydroxylation is 1. The number of hydrogen-bond acceptors (Lipinski definition) is 4. The summed E-state index contributed by atoms with van der Waals surface area (Å²) < 4.78 is 7.05. The van der Waals surface area contributed by atoms with Crippen LogP contribution >= 0.6 is 0 Å². The average Bonchev–Trinajstić information content (AvgIpc) is 2.84. The lowest BCUT2D eigenvalue weighted by atomic mass is 10.2. The maximum atomic E-state index is 11.8. The molecule has 0 bridgehead atoms. The van der Waals surface area contributed by atoms with E-state index in [0.717, 1.165) is 5.56 Å². The number of hydrogen-bond donors (Lipinski definition) is 1. The highest BCUT2D eigenvalue weighted by atomic mass is 16.5. The summed E-state index contributed by atoms with van der Waals surface area (Å²) in [6, 6.07) is 3.68. The van der Waals surface area contributed by atoms with Crippen molar-refractivity contribution < 1.29 is 9.53 Å². The Hall–Kier alpha value is -2.37. The normalized spacial score (nSPS) is 10.6. The molecule has 20 heavy (non-hydrogen) atoms. The first-order chi connectivity index (χ1) is 9.54. The number of carbonyl (C=O) groups is 1. The van der Waals surface area contributed by atoms with Gasteiger partial charge in [-0.1, -0.05) is 6.07 Å². The minimum atomic E-state index is -0.152. The second-order valence-electron chi connectivity index (χ2n) is 4.76. The van der Waals surface area contributed by atoms with Crippen LogP contribution in [-0.4, -0.2) is 26.8 Å². The van der Waals surface area contributed by atoms with Gasteiger partial charge < -0.3 is 10.1 Å². The van der Waals surface area contributed by atoms with Gasteiger partial charge >= 0.3 is 0 Å². The molecule has 0 aliphatic rings. The minimum Gasteiger partial charge on any atom is -0.475 e. The molecular formula is C14H18N4O2. The molecule has 2 aromatic heterocycles. The SMILES string of the molecule is CC(C)Oc1ccc(CNC(=O)c2cnn(C)c2)cn1. The summed E-state index contributed by atoms with van der Waals surface area (Å²) in [5.74, 6) is 0.433. The number of nitrogens with zero attached hydrogens (tertiary/aromatic N) is 3. The van der Waals surface area contributed by atoms with E-state index < -0.39 is 0 Å². The van der Waals surface area contributed by atoms with Crippen molar-refractivity contribution >= 4 is 5.91 Å². The molecule has 0 aliphatic heterocycles. The van der Waals surface area contributed by atoms with Gasteiger partial charge in [-0.3, -0.25) is 9.48 Å². The first-order valence-corrected chi connectivity index (χ1v) is 6.43. The molecule has 0 aliphatic carbocycles. The second-order valence-corrected chi connectivity index (χ2v) is 4.76. The van der Waals surface area contributed by atoms with Gasteiger partial charge in [-0.2, -0.15) is 5.10 Å². The molecule has 0 spiro atoms. The summed E-state index contributed by atoms with van der Waals surface area (Å²) in [4.78, 5) is 16.0. The zero-order valence-electron chi connectivity index (χ0n) is 11.8.